The van der Waals surface area contributed by atoms with Crippen LogP contribution in [0, 0.1) is 11.3 Å². The standard InChI is InChI=1S/C58H35N7/c59-36-37-27-30-46(58-61-56(38-15-3-1-4-16-38)60-57(62-58)39-17-5-2-6-18-39)55(33-37)65-53-31-28-40(63-49-23-11-7-19-42(49)43-20-8-12-24-50(43)63)34-47(53)48-35-41(29-32-54(48)65)64-51-25-13-9-21-44(51)45-22-10-14-26-52(45)64/h1-35H. The molecule has 65 heavy (non-hydrogen) atoms. The maximum absolute atomic E-state index is 10.5. The van der Waals surface area contributed by atoms with Gasteiger partial charge in [0.05, 0.1) is 50.4 Å². The van der Waals surface area contributed by atoms with Crippen LogP contribution in [-0.4, -0.2) is 28.7 Å². The predicted octanol–water partition coefficient (Wildman–Crippen LogP) is 14.0. The average molecular weight is 830 g/mol. The molecule has 13 aromatic rings. The Morgan fingerprint density at radius 3 is 1.14 bits per heavy atom. The smallest absolute Gasteiger partial charge is 0.166 e. The third-order valence-electron chi connectivity index (χ3n) is 12.7. The number of benzene rings is 9. The second-order valence-electron chi connectivity index (χ2n) is 16.4. The number of nitriles is 1. The van der Waals surface area contributed by atoms with E-state index in [1.54, 1.807) is 0 Å². The van der Waals surface area contributed by atoms with Gasteiger partial charge in [0.1, 0.15) is 0 Å². The van der Waals surface area contributed by atoms with Crippen molar-refractivity contribution in [3.63, 3.8) is 0 Å². The molecule has 0 aliphatic heterocycles. The summed E-state index contributed by atoms with van der Waals surface area (Å²) < 4.78 is 7.01. The van der Waals surface area contributed by atoms with Crippen LogP contribution < -0.4 is 0 Å². The lowest BCUT2D eigenvalue weighted by Crippen LogP contribution is -2.04. The van der Waals surface area contributed by atoms with Crippen LogP contribution in [-0.2, 0) is 0 Å². The van der Waals surface area contributed by atoms with Gasteiger partial charge in [-0.3, -0.25) is 0 Å². The van der Waals surface area contributed by atoms with Gasteiger partial charge in [0, 0.05) is 60.4 Å². The molecule has 0 spiro atoms. The third-order valence-corrected chi connectivity index (χ3v) is 12.7. The van der Waals surface area contributed by atoms with Gasteiger partial charge in [0.25, 0.3) is 0 Å². The molecular formula is C58H35N7. The summed E-state index contributed by atoms with van der Waals surface area (Å²) in [4.78, 5) is 15.3. The van der Waals surface area contributed by atoms with Crippen LogP contribution in [0.1, 0.15) is 5.56 Å². The number of hydrogen-bond acceptors (Lipinski definition) is 4. The molecule has 0 amide bonds. The number of rotatable bonds is 6. The van der Waals surface area contributed by atoms with E-state index in [1.807, 2.05) is 78.9 Å². The van der Waals surface area contributed by atoms with Crippen molar-refractivity contribution in [2.75, 3.05) is 0 Å². The Balaban J connectivity index is 1.12. The van der Waals surface area contributed by atoms with Crippen LogP contribution in [0.4, 0.5) is 0 Å². The Morgan fingerprint density at radius 1 is 0.323 bits per heavy atom. The molecular weight excluding hydrogens is 795 g/mol. The van der Waals surface area contributed by atoms with Crippen LogP contribution in [0.15, 0.2) is 212 Å². The van der Waals surface area contributed by atoms with Gasteiger partial charge in [-0.25, -0.2) is 15.0 Å². The van der Waals surface area contributed by atoms with Crippen LogP contribution in [0.25, 0.3) is 117 Å². The van der Waals surface area contributed by atoms with Gasteiger partial charge in [-0.2, -0.15) is 5.26 Å². The van der Waals surface area contributed by atoms with Gasteiger partial charge in [0.15, 0.2) is 17.5 Å². The highest BCUT2D eigenvalue weighted by Crippen LogP contribution is 2.41. The van der Waals surface area contributed by atoms with Crippen molar-refractivity contribution in [1.29, 1.82) is 5.26 Å². The van der Waals surface area contributed by atoms with Gasteiger partial charge in [-0.05, 0) is 78.9 Å². The summed E-state index contributed by atoms with van der Waals surface area (Å²) in [5.41, 5.74) is 12.5. The van der Waals surface area contributed by atoms with Crippen LogP contribution in [0.3, 0.4) is 0 Å². The normalized spacial score (nSPS) is 11.7. The van der Waals surface area contributed by atoms with Crippen molar-refractivity contribution in [3.05, 3.63) is 218 Å². The first kappa shape index (κ1) is 36.5. The molecule has 0 bridgehead atoms. The molecule has 7 nitrogen and oxygen atoms in total. The first-order chi connectivity index (χ1) is 32.2. The lowest BCUT2D eigenvalue weighted by molar-refractivity contribution is 1.06. The highest BCUT2D eigenvalue weighted by molar-refractivity contribution is 6.14. The maximum atomic E-state index is 10.5. The van der Waals surface area contributed by atoms with E-state index in [0.717, 1.165) is 77.6 Å². The number of hydrogen-bond donors (Lipinski definition) is 0. The van der Waals surface area contributed by atoms with Crippen molar-refractivity contribution in [1.82, 2.24) is 28.7 Å². The van der Waals surface area contributed by atoms with E-state index < -0.39 is 0 Å². The Morgan fingerprint density at radius 2 is 0.708 bits per heavy atom. The fourth-order valence-electron chi connectivity index (χ4n) is 9.84. The summed E-state index contributed by atoms with van der Waals surface area (Å²) in [6, 6.07) is 76.2. The highest BCUT2D eigenvalue weighted by Gasteiger charge is 2.23. The van der Waals surface area contributed by atoms with E-state index in [9.17, 15) is 5.26 Å². The molecule has 4 heterocycles. The molecule has 0 fully saturated rings. The average Bonchev–Trinajstić information content (AvgIpc) is 4.02. The zero-order valence-electron chi connectivity index (χ0n) is 34.8. The van der Waals surface area contributed by atoms with Gasteiger partial charge in [-0.1, -0.05) is 133 Å². The lowest BCUT2D eigenvalue weighted by atomic mass is 10.1. The largest absolute Gasteiger partial charge is 0.309 e. The minimum atomic E-state index is 0.510. The molecule has 9 aromatic carbocycles. The number of fused-ring (bicyclic) bond motifs is 9. The SMILES string of the molecule is N#Cc1ccc(-c2nc(-c3ccccc3)nc(-c3ccccc3)n2)c(-n2c3ccc(-n4c5ccccc5c5ccccc54)cc3c3cc(-n4c5ccccc5c5ccccc54)ccc32)c1. The van der Waals surface area contributed by atoms with Crippen molar-refractivity contribution in [2.45, 2.75) is 0 Å². The molecule has 0 saturated carbocycles. The maximum Gasteiger partial charge on any atom is 0.166 e. The van der Waals surface area contributed by atoms with Crippen molar-refractivity contribution < 1.29 is 0 Å². The van der Waals surface area contributed by atoms with E-state index in [-0.39, 0.29) is 0 Å². The van der Waals surface area contributed by atoms with Gasteiger partial charge < -0.3 is 13.7 Å². The van der Waals surface area contributed by atoms with Crippen molar-refractivity contribution in [3.8, 4) is 57.3 Å². The molecule has 7 heteroatoms. The molecule has 0 aliphatic rings. The van der Waals surface area contributed by atoms with E-state index in [0.29, 0.717) is 23.0 Å². The monoisotopic (exact) mass is 829 g/mol. The zero-order valence-corrected chi connectivity index (χ0v) is 34.8. The van der Waals surface area contributed by atoms with Gasteiger partial charge >= 0.3 is 0 Å². The molecule has 0 unspecified atom stereocenters. The Hall–Kier alpha value is -9.12. The lowest BCUT2D eigenvalue weighted by Gasteiger charge is -2.15. The molecule has 0 saturated heterocycles. The summed E-state index contributed by atoms with van der Waals surface area (Å²) in [7, 11) is 0. The van der Waals surface area contributed by atoms with E-state index in [4.69, 9.17) is 15.0 Å². The van der Waals surface area contributed by atoms with Crippen molar-refractivity contribution in [2.24, 2.45) is 0 Å². The van der Waals surface area contributed by atoms with Crippen LogP contribution in [0.2, 0.25) is 0 Å². The summed E-state index contributed by atoms with van der Waals surface area (Å²) >= 11 is 0. The molecule has 4 aromatic heterocycles. The van der Waals surface area contributed by atoms with Gasteiger partial charge in [0.2, 0.25) is 0 Å². The summed E-state index contributed by atoms with van der Waals surface area (Å²) in [5, 5.41) is 17.4. The Bertz CT molecular complexity index is 3740. The highest BCUT2D eigenvalue weighted by atomic mass is 15.1. The van der Waals surface area contributed by atoms with E-state index in [2.05, 4.69) is 153 Å². The first-order valence-corrected chi connectivity index (χ1v) is 21.7. The molecule has 0 radical (unpaired) electrons. The summed E-state index contributed by atoms with van der Waals surface area (Å²) in [5.74, 6) is 1.65. The molecule has 0 atom stereocenters. The fourth-order valence-corrected chi connectivity index (χ4v) is 9.84. The van der Waals surface area contributed by atoms with Crippen LogP contribution >= 0.6 is 0 Å². The minimum absolute atomic E-state index is 0.510. The fraction of sp³-hybridized carbons (Fsp3) is 0. The second kappa shape index (κ2) is 14.5. The van der Waals surface area contributed by atoms with E-state index >= 15 is 0 Å². The first-order valence-electron chi connectivity index (χ1n) is 21.7. The Kier molecular flexibility index (Phi) is 8.14. The number of para-hydroxylation sites is 4. The second-order valence-corrected chi connectivity index (χ2v) is 16.4. The molecule has 302 valence electrons. The number of nitrogens with zero attached hydrogens (tertiary/aromatic N) is 7. The quantitative estimate of drug-likeness (QED) is 0.167. The third kappa shape index (κ3) is 5.71. The molecule has 0 aliphatic carbocycles. The summed E-state index contributed by atoms with van der Waals surface area (Å²) in [6.45, 7) is 0. The van der Waals surface area contributed by atoms with Crippen molar-refractivity contribution >= 4 is 65.4 Å². The van der Waals surface area contributed by atoms with E-state index in [1.165, 1.54) is 21.5 Å². The molecule has 13 rings (SSSR count). The summed E-state index contributed by atoms with van der Waals surface area (Å²) in [6.07, 6.45) is 0. The number of aromatic nitrogens is 6. The zero-order chi connectivity index (χ0) is 43.0. The molecule has 0 N–H and O–H groups in total. The Labute approximate surface area is 373 Å². The topological polar surface area (TPSA) is 77.2 Å². The van der Waals surface area contributed by atoms with Crippen LogP contribution in [0.5, 0.6) is 0 Å². The predicted molar refractivity (Wildman–Crippen MR) is 264 cm³/mol. The minimum Gasteiger partial charge on any atom is -0.309 e. The van der Waals surface area contributed by atoms with Gasteiger partial charge in [-0.15, -0.1) is 0 Å².